The lowest BCUT2D eigenvalue weighted by molar-refractivity contribution is 0.0463. The van der Waals surface area contributed by atoms with Crippen LogP contribution in [-0.4, -0.2) is 21.7 Å². The number of hydrogen-bond acceptors (Lipinski definition) is 4. The van der Waals surface area contributed by atoms with E-state index < -0.39 is 17.7 Å². The number of rotatable bonds is 5. The molecular formula is C18H14FN3O3. The lowest BCUT2D eigenvalue weighted by Gasteiger charge is -2.07. The lowest BCUT2D eigenvalue weighted by Crippen LogP contribution is -2.15. The Morgan fingerprint density at radius 2 is 1.80 bits per heavy atom. The van der Waals surface area contributed by atoms with E-state index in [4.69, 9.17) is 10.5 Å². The third kappa shape index (κ3) is 3.55. The van der Waals surface area contributed by atoms with Gasteiger partial charge >= 0.3 is 5.97 Å². The fraction of sp³-hybridized carbons (Fsp3) is 0.0556. The second kappa shape index (κ2) is 6.96. The normalized spacial score (nSPS) is 10.4. The molecule has 0 aliphatic carbocycles. The molecule has 126 valence electrons. The molecule has 25 heavy (non-hydrogen) atoms. The van der Waals surface area contributed by atoms with Gasteiger partial charge in [-0.25, -0.2) is 13.9 Å². The molecule has 3 rings (SSSR count). The molecule has 0 fully saturated rings. The van der Waals surface area contributed by atoms with E-state index in [0.29, 0.717) is 5.56 Å². The molecule has 0 unspecified atom stereocenters. The van der Waals surface area contributed by atoms with Crippen molar-refractivity contribution >= 4 is 11.9 Å². The molecule has 3 aromatic rings. The zero-order valence-corrected chi connectivity index (χ0v) is 13.1. The third-order valence-electron chi connectivity index (χ3n) is 3.54. The number of aromatic nitrogens is 2. The van der Waals surface area contributed by atoms with Gasteiger partial charge in [0.25, 0.3) is 0 Å². The largest absolute Gasteiger partial charge is 0.456 e. The fourth-order valence-corrected chi connectivity index (χ4v) is 2.31. The van der Waals surface area contributed by atoms with Gasteiger partial charge in [-0.15, -0.1) is 0 Å². The zero-order chi connectivity index (χ0) is 17.8. The Hall–Kier alpha value is -3.48. The van der Waals surface area contributed by atoms with Crippen LogP contribution in [0, 0.1) is 5.82 Å². The van der Waals surface area contributed by atoms with Gasteiger partial charge in [0.05, 0.1) is 0 Å². The smallest absolute Gasteiger partial charge is 0.359 e. The van der Waals surface area contributed by atoms with Gasteiger partial charge in [-0.05, 0) is 24.3 Å². The van der Waals surface area contributed by atoms with Gasteiger partial charge in [0.2, 0.25) is 5.91 Å². The highest BCUT2D eigenvalue weighted by molar-refractivity contribution is 5.94. The molecule has 0 radical (unpaired) electrons. The van der Waals surface area contributed by atoms with Crippen molar-refractivity contribution in [3.63, 3.8) is 0 Å². The van der Waals surface area contributed by atoms with E-state index in [0.717, 1.165) is 0 Å². The lowest BCUT2D eigenvalue weighted by atomic mass is 10.1. The molecule has 0 saturated heterocycles. The predicted octanol–water partition coefficient (Wildman–Crippen LogP) is 2.47. The topological polar surface area (TPSA) is 87.2 Å². The van der Waals surface area contributed by atoms with E-state index >= 15 is 0 Å². The molecule has 2 N–H and O–H groups in total. The number of ether oxygens (including phenoxy) is 1. The van der Waals surface area contributed by atoms with Crippen LogP contribution in [0.5, 0.6) is 0 Å². The molecule has 6 nitrogen and oxygen atoms in total. The minimum atomic E-state index is -0.686. The summed E-state index contributed by atoms with van der Waals surface area (Å²) in [6.45, 7) is -0.121. The average molecular weight is 339 g/mol. The van der Waals surface area contributed by atoms with Crippen LogP contribution in [0.4, 0.5) is 4.39 Å². The summed E-state index contributed by atoms with van der Waals surface area (Å²) in [5.74, 6) is -1.74. The van der Waals surface area contributed by atoms with Crippen molar-refractivity contribution in [2.75, 3.05) is 0 Å². The van der Waals surface area contributed by atoms with Crippen LogP contribution in [0.2, 0.25) is 0 Å². The number of benzene rings is 2. The summed E-state index contributed by atoms with van der Waals surface area (Å²) < 4.78 is 20.2. The first-order chi connectivity index (χ1) is 12.1. The van der Waals surface area contributed by atoms with Crippen molar-refractivity contribution < 1.29 is 18.7 Å². The van der Waals surface area contributed by atoms with Crippen molar-refractivity contribution in [1.82, 2.24) is 9.78 Å². The summed E-state index contributed by atoms with van der Waals surface area (Å²) in [7, 11) is 0. The van der Waals surface area contributed by atoms with Crippen LogP contribution in [0.25, 0.3) is 5.69 Å². The minimum absolute atomic E-state index is 0.0276. The molecule has 0 spiro atoms. The highest BCUT2D eigenvalue weighted by Gasteiger charge is 2.15. The standard InChI is InChI=1S/C18H14FN3O3/c19-14-7-3-4-8-16(14)22-10-9-15(21-22)18(24)25-11-12-5-1-2-6-13(12)17(20)23/h1-10H,11H2,(H2,20,23). The number of amides is 1. The number of para-hydroxylation sites is 1. The molecule has 0 aliphatic heterocycles. The number of nitrogens with zero attached hydrogens (tertiary/aromatic N) is 2. The first kappa shape index (κ1) is 16.4. The molecule has 0 bridgehead atoms. The number of carbonyl (C=O) groups is 2. The third-order valence-corrected chi connectivity index (χ3v) is 3.54. The molecule has 0 atom stereocenters. The first-order valence-electron chi connectivity index (χ1n) is 7.41. The van der Waals surface area contributed by atoms with E-state index in [-0.39, 0.29) is 23.6 Å². The molecule has 2 aromatic carbocycles. The minimum Gasteiger partial charge on any atom is -0.456 e. The highest BCUT2D eigenvalue weighted by Crippen LogP contribution is 2.14. The predicted molar refractivity (Wildman–Crippen MR) is 87.6 cm³/mol. The van der Waals surface area contributed by atoms with Crippen LogP contribution >= 0.6 is 0 Å². The van der Waals surface area contributed by atoms with Crippen LogP contribution in [0.3, 0.4) is 0 Å². The molecule has 1 amide bonds. The second-order valence-electron chi connectivity index (χ2n) is 5.19. The maximum atomic E-state index is 13.8. The Morgan fingerprint density at radius 3 is 2.56 bits per heavy atom. The van der Waals surface area contributed by atoms with E-state index in [1.54, 1.807) is 42.5 Å². The van der Waals surface area contributed by atoms with Crippen molar-refractivity contribution in [3.8, 4) is 5.69 Å². The van der Waals surface area contributed by atoms with Gasteiger partial charge in [-0.1, -0.05) is 30.3 Å². The molecule has 1 heterocycles. The summed E-state index contributed by atoms with van der Waals surface area (Å²) in [4.78, 5) is 23.5. The first-order valence-corrected chi connectivity index (χ1v) is 7.41. The number of esters is 1. The van der Waals surface area contributed by atoms with E-state index in [1.807, 2.05) is 0 Å². The van der Waals surface area contributed by atoms with E-state index in [1.165, 1.54) is 23.0 Å². The second-order valence-corrected chi connectivity index (χ2v) is 5.19. The molecule has 0 saturated carbocycles. The quantitative estimate of drug-likeness (QED) is 0.723. The van der Waals surface area contributed by atoms with Gasteiger partial charge in [-0.2, -0.15) is 5.10 Å². The monoisotopic (exact) mass is 339 g/mol. The molecule has 1 aromatic heterocycles. The van der Waals surface area contributed by atoms with E-state index in [9.17, 15) is 14.0 Å². The van der Waals surface area contributed by atoms with Crippen LogP contribution in [-0.2, 0) is 11.3 Å². The van der Waals surface area contributed by atoms with Crippen molar-refractivity contribution in [3.05, 3.63) is 83.4 Å². The van der Waals surface area contributed by atoms with Gasteiger partial charge < -0.3 is 10.5 Å². The van der Waals surface area contributed by atoms with Crippen LogP contribution in [0.1, 0.15) is 26.4 Å². The van der Waals surface area contributed by atoms with Gasteiger partial charge in [0.15, 0.2) is 5.69 Å². The SMILES string of the molecule is NC(=O)c1ccccc1COC(=O)c1ccn(-c2ccccc2F)n1. The highest BCUT2D eigenvalue weighted by atomic mass is 19.1. The van der Waals surface area contributed by atoms with Crippen LogP contribution in [0.15, 0.2) is 60.8 Å². The summed E-state index contributed by atoms with van der Waals surface area (Å²) in [6, 6.07) is 14.1. The number of carbonyl (C=O) groups excluding carboxylic acids is 2. The number of primary amides is 1. The fourth-order valence-electron chi connectivity index (χ4n) is 2.31. The zero-order valence-electron chi connectivity index (χ0n) is 13.1. The number of halogens is 1. The van der Waals surface area contributed by atoms with Crippen molar-refractivity contribution in [1.29, 1.82) is 0 Å². The Kier molecular flexibility index (Phi) is 4.56. The summed E-state index contributed by atoms with van der Waals surface area (Å²) >= 11 is 0. The molecule has 7 heteroatoms. The Labute approximate surface area is 142 Å². The van der Waals surface area contributed by atoms with Crippen molar-refractivity contribution in [2.45, 2.75) is 6.61 Å². The van der Waals surface area contributed by atoms with Gasteiger partial charge in [0, 0.05) is 17.3 Å². The molecule has 0 aliphatic rings. The Bertz CT molecular complexity index is 937. The summed E-state index contributed by atoms with van der Waals surface area (Å²) in [5, 5.41) is 4.02. The summed E-state index contributed by atoms with van der Waals surface area (Å²) in [6.07, 6.45) is 1.46. The van der Waals surface area contributed by atoms with Crippen molar-refractivity contribution in [2.24, 2.45) is 5.73 Å². The molecular weight excluding hydrogens is 325 g/mol. The van der Waals surface area contributed by atoms with E-state index in [2.05, 4.69) is 5.10 Å². The van der Waals surface area contributed by atoms with Crippen LogP contribution < -0.4 is 5.73 Å². The number of hydrogen-bond donors (Lipinski definition) is 1. The van der Waals surface area contributed by atoms with Gasteiger partial charge in [-0.3, -0.25) is 4.79 Å². The van der Waals surface area contributed by atoms with Gasteiger partial charge in [0.1, 0.15) is 18.1 Å². The maximum absolute atomic E-state index is 13.8. The summed E-state index contributed by atoms with van der Waals surface area (Å²) in [5.41, 5.74) is 6.32. The average Bonchev–Trinajstić information content (AvgIpc) is 3.10. The number of nitrogens with two attached hydrogens (primary N) is 1. The maximum Gasteiger partial charge on any atom is 0.359 e. The Morgan fingerprint density at radius 1 is 1.08 bits per heavy atom. The Balaban J connectivity index is 1.73.